The summed E-state index contributed by atoms with van der Waals surface area (Å²) in [4.78, 5) is 18.1. The van der Waals surface area contributed by atoms with Gasteiger partial charge in [-0.2, -0.15) is 0 Å². The molecule has 1 aromatic carbocycles. The maximum Gasteiger partial charge on any atom is 2.00 e. The molecule has 0 aliphatic rings. The summed E-state index contributed by atoms with van der Waals surface area (Å²) in [5.74, 6) is 0. The molecule has 0 aromatic heterocycles. The quantitative estimate of drug-likeness (QED) is 0.329. The summed E-state index contributed by atoms with van der Waals surface area (Å²) in [5.41, 5.74) is 0. The Morgan fingerprint density at radius 2 is 1.46 bits per heavy atom. The second-order valence-corrected chi connectivity index (χ2v) is 2.61. The first kappa shape index (κ1) is 19.4. The molecule has 1 aromatic rings. The molecule has 0 radical (unpaired) electrons. The van der Waals surface area contributed by atoms with Crippen molar-refractivity contribution in [1.82, 2.24) is 0 Å². The standard InChI is InChI=1S/C6H6S.Ca.HO3P.H2O/c7-6-4-2-1-3-5-6;;1-4(2)3;/h1-5,7H;;(H,1,2,3);1H2/q;+2;;/p-1. The molecule has 0 heterocycles. The van der Waals surface area contributed by atoms with Gasteiger partial charge in [0.2, 0.25) is 0 Å². The Hall–Kier alpha value is 0.810. The van der Waals surface area contributed by atoms with Crippen LogP contribution in [-0.2, 0) is 17.2 Å². The molecule has 0 saturated carbocycles. The van der Waals surface area contributed by atoms with Crippen molar-refractivity contribution in [3.05, 3.63) is 30.3 Å². The van der Waals surface area contributed by atoms with E-state index in [-0.39, 0.29) is 43.2 Å². The predicted octanol–water partition coefficient (Wildman–Crippen LogP) is -1.14. The van der Waals surface area contributed by atoms with Crippen LogP contribution in [0.15, 0.2) is 35.2 Å². The second kappa shape index (κ2) is 12.8. The van der Waals surface area contributed by atoms with E-state index in [0.717, 1.165) is 4.90 Å². The smallest absolute Gasteiger partial charge is 0.870 e. The van der Waals surface area contributed by atoms with E-state index in [2.05, 4.69) is 12.6 Å². The van der Waals surface area contributed by atoms with E-state index in [4.69, 9.17) is 14.4 Å². The van der Waals surface area contributed by atoms with Crippen LogP contribution in [-0.4, -0.2) is 43.2 Å². The van der Waals surface area contributed by atoms with Gasteiger partial charge in [0.1, 0.15) is 4.90 Å². The topological polar surface area (TPSA) is 93.2 Å². The summed E-state index contributed by atoms with van der Waals surface area (Å²) in [5, 5.41) is 0. The van der Waals surface area contributed by atoms with Crippen LogP contribution in [0, 0.1) is 0 Å². The van der Waals surface area contributed by atoms with Crippen LogP contribution >= 0.6 is 8.25 Å². The van der Waals surface area contributed by atoms with Gasteiger partial charge in [-0.05, 0) is 24.8 Å². The third-order valence-electron chi connectivity index (χ3n) is 0.774. The van der Waals surface area contributed by atoms with Crippen LogP contribution in [0.4, 0.5) is 0 Å². The fourth-order valence-electron chi connectivity index (χ4n) is 0.438. The van der Waals surface area contributed by atoms with E-state index in [0.29, 0.717) is 0 Å². The average molecular weight is 247 g/mol. The molecule has 7 heteroatoms. The Kier molecular flexibility index (Phi) is 19.1. The first-order valence-electron chi connectivity index (χ1n) is 2.71. The summed E-state index contributed by atoms with van der Waals surface area (Å²) in [7, 11) is -3.37. The number of hydrogen-bond acceptors (Lipinski definition) is 4. The largest absolute Gasteiger partial charge is 2.00 e. The van der Waals surface area contributed by atoms with Gasteiger partial charge < -0.3 is 15.3 Å². The van der Waals surface area contributed by atoms with Crippen LogP contribution in [0.5, 0.6) is 0 Å². The van der Waals surface area contributed by atoms with Crippen LogP contribution in [0.1, 0.15) is 0 Å². The van der Waals surface area contributed by atoms with Crippen molar-refractivity contribution in [3.8, 4) is 0 Å². The fraction of sp³-hybridized carbons (Fsp3) is 0. The zero-order valence-electron chi connectivity index (χ0n) is 6.71. The molecule has 0 bridgehead atoms. The molecule has 4 nitrogen and oxygen atoms in total. The van der Waals surface area contributed by atoms with E-state index in [1.807, 2.05) is 30.3 Å². The van der Waals surface area contributed by atoms with Crippen molar-refractivity contribution in [2.45, 2.75) is 4.90 Å². The minimum absolute atomic E-state index is 0. The number of benzene rings is 1. The molecule has 1 N–H and O–H groups in total. The second-order valence-electron chi connectivity index (χ2n) is 1.59. The van der Waals surface area contributed by atoms with Gasteiger partial charge in [-0.1, -0.05) is 22.8 Å². The SMILES string of the molecule is O=[P+]([O-])[O-].[Ca+2].[OH-].[SH2+]c1ccccc1. The van der Waals surface area contributed by atoms with Gasteiger partial charge in [0.25, 0.3) is 8.25 Å². The first-order chi connectivity index (χ1) is 5.13. The van der Waals surface area contributed by atoms with Crippen molar-refractivity contribution < 1.29 is 19.8 Å². The maximum absolute atomic E-state index is 8.48. The van der Waals surface area contributed by atoms with Crippen LogP contribution in [0.25, 0.3) is 0 Å². The van der Waals surface area contributed by atoms with E-state index in [1.165, 1.54) is 0 Å². The summed E-state index contributed by atoms with van der Waals surface area (Å²) in [6.07, 6.45) is 0. The third-order valence-corrected chi connectivity index (χ3v) is 1.11. The van der Waals surface area contributed by atoms with Gasteiger partial charge in [-0.25, -0.2) is 0 Å². The average Bonchev–Trinajstić information content (AvgIpc) is 1.87. The monoisotopic (exact) mass is 247 g/mol. The molecule has 1 rings (SSSR count). The molecular weight excluding hydrogens is 239 g/mol. The molecule has 0 spiro atoms. The zero-order valence-corrected chi connectivity index (χ0v) is 10.8. The first-order valence-corrected chi connectivity index (χ1v) is 4.30. The van der Waals surface area contributed by atoms with Gasteiger partial charge in [0.05, 0.1) is 0 Å². The van der Waals surface area contributed by atoms with Crippen LogP contribution < -0.4 is 9.79 Å². The minimum Gasteiger partial charge on any atom is -0.870 e. The van der Waals surface area contributed by atoms with Gasteiger partial charge >= 0.3 is 37.7 Å². The van der Waals surface area contributed by atoms with Crippen molar-refractivity contribution in [2.24, 2.45) is 0 Å². The predicted molar refractivity (Wildman–Crippen MR) is 50.2 cm³/mol. The van der Waals surface area contributed by atoms with E-state index < -0.39 is 8.25 Å². The van der Waals surface area contributed by atoms with E-state index in [1.54, 1.807) is 0 Å². The maximum atomic E-state index is 8.48. The van der Waals surface area contributed by atoms with Crippen molar-refractivity contribution in [2.75, 3.05) is 0 Å². The normalized spacial score (nSPS) is 6.69. The van der Waals surface area contributed by atoms with Crippen molar-refractivity contribution in [3.63, 3.8) is 0 Å². The van der Waals surface area contributed by atoms with E-state index >= 15 is 0 Å². The van der Waals surface area contributed by atoms with Crippen molar-refractivity contribution in [1.29, 1.82) is 0 Å². The van der Waals surface area contributed by atoms with E-state index in [9.17, 15) is 0 Å². The van der Waals surface area contributed by atoms with Gasteiger partial charge in [-0.3, -0.25) is 0 Å². The Bertz CT molecular complexity index is 217. The van der Waals surface area contributed by atoms with Gasteiger partial charge in [-0.15, -0.1) is 0 Å². The molecule has 0 amide bonds. The molecule has 68 valence electrons. The Labute approximate surface area is 113 Å². The third kappa shape index (κ3) is 19.3. The molecule has 0 saturated heterocycles. The zero-order chi connectivity index (χ0) is 8.69. The van der Waals surface area contributed by atoms with Gasteiger partial charge in [0, 0.05) is 0 Å². The van der Waals surface area contributed by atoms with Gasteiger partial charge in [0.15, 0.2) is 0 Å². The molecule has 0 aliphatic heterocycles. The molecule has 0 aliphatic carbocycles. The molecular formula is C6H8CaO4PS+. The molecule has 0 atom stereocenters. The Morgan fingerprint density at radius 1 is 1.15 bits per heavy atom. The molecule has 0 fully saturated rings. The fourth-order valence-corrected chi connectivity index (χ4v) is 0.631. The molecule has 0 unspecified atom stereocenters. The minimum atomic E-state index is -3.37. The summed E-state index contributed by atoms with van der Waals surface area (Å²) < 4.78 is 8.48. The summed E-state index contributed by atoms with van der Waals surface area (Å²) >= 11 is 3.36. The van der Waals surface area contributed by atoms with Crippen molar-refractivity contribution >= 4 is 58.6 Å². The van der Waals surface area contributed by atoms with Crippen LogP contribution in [0.3, 0.4) is 0 Å². The summed E-state index contributed by atoms with van der Waals surface area (Å²) in [6.45, 7) is 0. The summed E-state index contributed by atoms with van der Waals surface area (Å²) in [6, 6.07) is 9.96. The van der Waals surface area contributed by atoms with Crippen LogP contribution in [0.2, 0.25) is 0 Å². The molecule has 13 heavy (non-hydrogen) atoms. The Morgan fingerprint density at radius 3 is 1.62 bits per heavy atom. The Balaban J connectivity index is -0.000000150. The number of rotatable bonds is 0. The number of hydrogen-bond donors (Lipinski definition) is 0.